The fraction of sp³-hybridized carbons (Fsp3) is 0.0952. The second-order valence-corrected chi connectivity index (χ2v) is 7.50. The molecule has 29 heavy (non-hydrogen) atoms. The zero-order chi connectivity index (χ0) is 20.4. The predicted molar refractivity (Wildman–Crippen MR) is 113 cm³/mol. The summed E-state index contributed by atoms with van der Waals surface area (Å²) in [7, 11) is 0. The van der Waals surface area contributed by atoms with Crippen LogP contribution in [0.15, 0.2) is 60.8 Å². The third kappa shape index (κ3) is 4.12. The number of nitrogens with one attached hydrogen (secondary N) is 1. The molecule has 0 atom stereocenters. The van der Waals surface area contributed by atoms with E-state index >= 15 is 0 Å². The van der Waals surface area contributed by atoms with Gasteiger partial charge in [-0.1, -0.05) is 23.5 Å². The van der Waals surface area contributed by atoms with Crippen molar-refractivity contribution >= 4 is 39.0 Å². The standard InChI is InChI=1S/C21H16N4O3S/c1-13-11-15(20-24-18-3-2-10-22-21(18)29-20)6-9-17(13)23-19(26)12-14-4-7-16(8-5-14)25(27)28/h2-11H,12H2,1H3,(H,23,26). The minimum atomic E-state index is -0.462. The van der Waals surface area contributed by atoms with Crippen molar-refractivity contribution in [2.45, 2.75) is 13.3 Å². The third-order valence-electron chi connectivity index (χ3n) is 4.43. The molecule has 0 aliphatic carbocycles. The molecule has 0 unspecified atom stereocenters. The fourth-order valence-electron chi connectivity index (χ4n) is 2.95. The number of aromatic nitrogens is 2. The van der Waals surface area contributed by atoms with Crippen molar-refractivity contribution in [1.29, 1.82) is 0 Å². The van der Waals surface area contributed by atoms with Gasteiger partial charge in [0.2, 0.25) is 5.91 Å². The minimum Gasteiger partial charge on any atom is -0.326 e. The molecule has 0 fully saturated rings. The predicted octanol–water partition coefficient (Wildman–Crippen LogP) is 4.76. The first-order chi connectivity index (χ1) is 14.0. The lowest BCUT2D eigenvalue weighted by atomic mass is 10.1. The normalized spacial score (nSPS) is 10.8. The Bertz CT molecular complexity index is 1190. The van der Waals surface area contributed by atoms with E-state index < -0.39 is 4.92 Å². The molecular formula is C21H16N4O3S. The summed E-state index contributed by atoms with van der Waals surface area (Å²) in [5.74, 6) is -0.182. The summed E-state index contributed by atoms with van der Waals surface area (Å²) in [4.78, 5) is 32.4. The highest BCUT2D eigenvalue weighted by Crippen LogP contribution is 2.31. The summed E-state index contributed by atoms with van der Waals surface area (Å²) in [6, 6.07) is 15.5. The van der Waals surface area contributed by atoms with Gasteiger partial charge >= 0.3 is 0 Å². The van der Waals surface area contributed by atoms with Crippen molar-refractivity contribution in [3.8, 4) is 10.6 Å². The van der Waals surface area contributed by atoms with Crippen LogP contribution in [0, 0.1) is 17.0 Å². The molecule has 0 saturated carbocycles. The Morgan fingerprint density at radius 3 is 2.66 bits per heavy atom. The summed E-state index contributed by atoms with van der Waals surface area (Å²) in [5, 5.41) is 14.5. The van der Waals surface area contributed by atoms with Crippen molar-refractivity contribution in [3.05, 3.63) is 82.0 Å². The van der Waals surface area contributed by atoms with Crippen molar-refractivity contribution in [3.63, 3.8) is 0 Å². The number of anilines is 1. The van der Waals surface area contributed by atoms with E-state index in [4.69, 9.17) is 0 Å². The van der Waals surface area contributed by atoms with E-state index in [1.54, 1.807) is 18.3 Å². The van der Waals surface area contributed by atoms with Crippen LogP contribution in [-0.4, -0.2) is 20.8 Å². The monoisotopic (exact) mass is 404 g/mol. The molecule has 2 aromatic carbocycles. The van der Waals surface area contributed by atoms with Crippen LogP contribution in [0.3, 0.4) is 0 Å². The SMILES string of the molecule is Cc1cc(-c2nc3cccnc3s2)ccc1NC(=O)Cc1ccc([N+](=O)[O-])cc1. The van der Waals surface area contributed by atoms with E-state index in [2.05, 4.69) is 15.3 Å². The van der Waals surface area contributed by atoms with Gasteiger partial charge in [0.1, 0.15) is 15.4 Å². The smallest absolute Gasteiger partial charge is 0.269 e. The average molecular weight is 404 g/mol. The first kappa shape index (κ1) is 18.7. The number of nitrogens with zero attached hydrogens (tertiary/aromatic N) is 3. The summed E-state index contributed by atoms with van der Waals surface area (Å²) in [5.41, 5.74) is 4.20. The third-order valence-corrected chi connectivity index (χ3v) is 5.45. The number of aryl methyl sites for hydroxylation is 1. The van der Waals surface area contributed by atoms with Gasteiger partial charge < -0.3 is 5.32 Å². The lowest BCUT2D eigenvalue weighted by Crippen LogP contribution is -2.15. The number of hydrogen-bond acceptors (Lipinski definition) is 6. The molecule has 8 heteroatoms. The Kier molecular flexibility index (Phi) is 5.01. The van der Waals surface area contributed by atoms with Gasteiger partial charge in [-0.2, -0.15) is 0 Å². The molecule has 7 nitrogen and oxygen atoms in total. The second-order valence-electron chi connectivity index (χ2n) is 6.52. The minimum absolute atomic E-state index is 0.00522. The Morgan fingerprint density at radius 2 is 1.97 bits per heavy atom. The maximum absolute atomic E-state index is 12.4. The van der Waals surface area contributed by atoms with Gasteiger partial charge in [0, 0.05) is 29.6 Å². The van der Waals surface area contributed by atoms with Crippen molar-refractivity contribution in [1.82, 2.24) is 9.97 Å². The molecule has 2 heterocycles. The van der Waals surface area contributed by atoms with Crippen molar-refractivity contribution in [2.24, 2.45) is 0 Å². The molecule has 1 N–H and O–H groups in total. The molecule has 0 saturated heterocycles. The Hall–Kier alpha value is -3.65. The number of non-ortho nitro benzene ring substituents is 1. The number of carbonyl (C=O) groups is 1. The Balaban J connectivity index is 1.47. The maximum atomic E-state index is 12.4. The number of hydrogen-bond donors (Lipinski definition) is 1. The second kappa shape index (κ2) is 7.76. The number of thiazole rings is 1. The van der Waals surface area contributed by atoms with E-state index in [1.165, 1.54) is 23.5 Å². The summed E-state index contributed by atoms with van der Waals surface area (Å²) in [6.45, 7) is 1.93. The Labute approximate surface area is 170 Å². The lowest BCUT2D eigenvalue weighted by Gasteiger charge is -2.10. The topological polar surface area (TPSA) is 98.0 Å². The van der Waals surface area contributed by atoms with Crippen LogP contribution in [0.2, 0.25) is 0 Å². The number of amides is 1. The zero-order valence-electron chi connectivity index (χ0n) is 15.5. The van der Waals surface area contributed by atoms with E-state index in [1.807, 2.05) is 37.3 Å². The molecule has 0 aliphatic heterocycles. The highest BCUT2D eigenvalue weighted by molar-refractivity contribution is 7.21. The first-order valence-corrected chi connectivity index (χ1v) is 9.67. The zero-order valence-corrected chi connectivity index (χ0v) is 16.3. The molecule has 144 valence electrons. The van der Waals surface area contributed by atoms with Crippen LogP contribution in [0.4, 0.5) is 11.4 Å². The first-order valence-electron chi connectivity index (χ1n) is 8.85. The maximum Gasteiger partial charge on any atom is 0.269 e. The van der Waals surface area contributed by atoms with Crippen LogP contribution in [0.5, 0.6) is 0 Å². The van der Waals surface area contributed by atoms with Crippen LogP contribution in [0.1, 0.15) is 11.1 Å². The van der Waals surface area contributed by atoms with Gasteiger partial charge in [-0.15, -0.1) is 0 Å². The van der Waals surface area contributed by atoms with Gasteiger partial charge in [0.05, 0.1) is 11.3 Å². The van der Waals surface area contributed by atoms with Gasteiger partial charge in [-0.25, -0.2) is 9.97 Å². The highest BCUT2D eigenvalue weighted by Gasteiger charge is 2.11. The summed E-state index contributed by atoms with van der Waals surface area (Å²) >= 11 is 1.53. The van der Waals surface area contributed by atoms with Crippen LogP contribution in [0.25, 0.3) is 20.9 Å². The Morgan fingerprint density at radius 1 is 1.17 bits per heavy atom. The van der Waals surface area contributed by atoms with E-state index in [9.17, 15) is 14.9 Å². The molecular weight excluding hydrogens is 388 g/mol. The highest BCUT2D eigenvalue weighted by atomic mass is 32.1. The molecule has 1 amide bonds. The largest absolute Gasteiger partial charge is 0.326 e. The number of carbonyl (C=O) groups excluding carboxylic acids is 1. The molecule has 0 radical (unpaired) electrons. The lowest BCUT2D eigenvalue weighted by molar-refractivity contribution is -0.384. The van der Waals surface area contributed by atoms with Crippen LogP contribution in [-0.2, 0) is 11.2 Å². The van der Waals surface area contributed by atoms with Crippen LogP contribution < -0.4 is 5.32 Å². The summed E-state index contributed by atoms with van der Waals surface area (Å²) < 4.78 is 0. The molecule has 0 aliphatic rings. The molecule has 4 aromatic rings. The van der Waals surface area contributed by atoms with Crippen molar-refractivity contribution in [2.75, 3.05) is 5.32 Å². The number of nitro groups is 1. The van der Waals surface area contributed by atoms with E-state index in [0.29, 0.717) is 5.56 Å². The summed E-state index contributed by atoms with van der Waals surface area (Å²) in [6.07, 6.45) is 1.89. The number of benzene rings is 2. The molecule has 0 bridgehead atoms. The van der Waals surface area contributed by atoms with Crippen LogP contribution >= 0.6 is 11.3 Å². The molecule has 2 aromatic heterocycles. The van der Waals surface area contributed by atoms with Gasteiger partial charge in [0.25, 0.3) is 5.69 Å². The molecule has 0 spiro atoms. The van der Waals surface area contributed by atoms with Crippen molar-refractivity contribution < 1.29 is 9.72 Å². The van der Waals surface area contributed by atoms with Gasteiger partial charge in [-0.3, -0.25) is 14.9 Å². The number of fused-ring (bicyclic) bond motifs is 1. The number of rotatable bonds is 5. The van der Waals surface area contributed by atoms with E-state index in [-0.39, 0.29) is 18.0 Å². The quantitative estimate of drug-likeness (QED) is 0.382. The number of nitro benzene ring substituents is 1. The number of pyridine rings is 1. The van der Waals surface area contributed by atoms with E-state index in [0.717, 1.165) is 32.2 Å². The van der Waals surface area contributed by atoms with Gasteiger partial charge in [0.15, 0.2) is 0 Å². The van der Waals surface area contributed by atoms with Gasteiger partial charge in [-0.05, 0) is 48.4 Å². The molecule has 4 rings (SSSR count). The average Bonchev–Trinajstić information content (AvgIpc) is 3.14. The fourth-order valence-corrected chi connectivity index (χ4v) is 3.85.